The highest BCUT2D eigenvalue weighted by Gasteiger charge is 2.68. The van der Waals surface area contributed by atoms with Gasteiger partial charge in [-0.1, -0.05) is 23.6 Å². The van der Waals surface area contributed by atoms with Crippen molar-refractivity contribution in [3.8, 4) is 23.0 Å². The van der Waals surface area contributed by atoms with Gasteiger partial charge in [-0.3, -0.25) is 19.0 Å². The summed E-state index contributed by atoms with van der Waals surface area (Å²) in [5.74, 6) is -6.52. The van der Waals surface area contributed by atoms with Gasteiger partial charge in [-0.05, 0) is 87.4 Å². The zero-order chi connectivity index (χ0) is 53.2. The Balaban J connectivity index is 1.46. The number of sulfone groups is 1. The third kappa shape index (κ3) is 11.0. The molecule has 0 aliphatic heterocycles. The second kappa shape index (κ2) is 19.5. The van der Waals surface area contributed by atoms with E-state index in [0.717, 1.165) is 35.4 Å². The molecule has 1 fully saturated rings. The lowest BCUT2D eigenvalue weighted by Crippen LogP contribution is -2.39. The number of carbonyl (C=O) groups excluding carboxylic acids is 2. The Labute approximate surface area is 410 Å². The number of alkyl halides is 8. The van der Waals surface area contributed by atoms with Crippen molar-refractivity contribution in [3.05, 3.63) is 93.0 Å². The third-order valence-electron chi connectivity index (χ3n) is 12.2. The summed E-state index contributed by atoms with van der Waals surface area (Å²) in [4.78, 5) is 33.1. The quantitative estimate of drug-likeness (QED) is 0.0563. The standard InChI is InChI=1S/C44H42ClF10N9O6S2/c1-41(2,72(4,69)70)11-10-25-6-7-26(27-8-9-30(45)35-37(27)63(21-42(48,49)50)60-40(35)64(71(67)68)20-33(66)61(3)13-5-12-56)36(57-25)31(16-22-14-23(46)17-24(47)15-22)58-32(65)19-62-39-34(38(59-62)44(53,54)55)28-18-29(28)43(39,51)52/h6-9,14-15,17,28-29,31,71H,5,12-13,16,18-21,56H2,1-4H3,(H,58,65)/t28-,29+,31?/m0/s1. The van der Waals surface area contributed by atoms with Crippen LogP contribution in [0, 0.1) is 29.4 Å². The van der Waals surface area contributed by atoms with Gasteiger partial charge in [-0.15, -0.1) is 0 Å². The first-order chi connectivity index (χ1) is 33.3. The van der Waals surface area contributed by atoms with Gasteiger partial charge in [0.15, 0.2) is 21.3 Å². The molecule has 388 valence electrons. The molecule has 15 nitrogen and oxygen atoms in total. The van der Waals surface area contributed by atoms with Crippen molar-refractivity contribution < 1.29 is 70.3 Å². The molecule has 3 heterocycles. The van der Waals surface area contributed by atoms with Crippen LogP contribution in [0.15, 0.2) is 42.5 Å². The normalized spacial score (nSPS) is 16.8. The fourth-order valence-corrected chi connectivity index (χ4v) is 9.35. The molecule has 2 aliphatic carbocycles. The molecule has 3 atom stereocenters. The highest BCUT2D eigenvalue weighted by molar-refractivity contribution is 7.92. The summed E-state index contributed by atoms with van der Waals surface area (Å²) < 4.78 is 197. The van der Waals surface area contributed by atoms with Crippen molar-refractivity contribution >= 4 is 60.9 Å². The van der Waals surface area contributed by atoms with E-state index in [1.54, 1.807) is 0 Å². The maximum absolute atomic E-state index is 15.6. The number of likely N-dealkylation sites (N-methyl/N-ethyl adjacent to an activating group) is 1. The number of hydrogen-bond acceptors (Lipinski definition) is 10. The van der Waals surface area contributed by atoms with E-state index in [0.29, 0.717) is 21.5 Å². The van der Waals surface area contributed by atoms with Crippen LogP contribution >= 0.6 is 11.6 Å². The van der Waals surface area contributed by atoms with Gasteiger partial charge in [0.05, 0.1) is 27.7 Å². The van der Waals surface area contributed by atoms with Crippen LogP contribution in [0.5, 0.6) is 0 Å². The zero-order valence-corrected chi connectivity index (χ0v) is 40.6. The van der Waals surface area contributed by atoms with E-state index in [2.05, 4.69) is 32.3 Å². The monoisotopic (exact) mass is 1080 g/mol. The Morgan fingerprint density at radius 1 is 1.01 bits per heavy atom. The molecular weight excluding hydrogens is 1040 g/mol. The molecule has 2 aromatic carbocycles. The van der Waals surface area contributed by atoms with Gasteiger partial charge in [-0.2, -0.15) is 45.3 Å². The number of thiol groups is 1. The minimum atomic E-state index is -5.21. The third-order valence-corrected chi connectivity index (χ3v) is 15.2. The summed E-state index contributed by atoms with van der Waals surface area (Å²) in [6.07, 6.45) is -10.1. The predicted octanol–water partition coefficient (Wildman–Crippen LogP) is 6.43. The van der Waals surface area contributed by atoms with Gasteiger partial charge < -0.3 is 16.0 Å². The molecule has 0 bridgehead atoms. The zero-order valence-electron chi connectivity index (χ0n) is 38.1. The summed E-state index contributed by atoms with van der Waals surface area (Å²) in [5.41, 5.74) is -0.0518. The number of nitrogens with one attached hydrogen (secondary N) is 1. The second-order valence-electron chi connectivity index (χ2n) is 17.8. The summed E-state index contributed by atoms with van der Waals surface area (Å²) in [5, 5.41) is 8.98. The molecule has 5 aromatic rings. The lowest BCUT2D eigenvalue weighted by Gasteiger charge is -2.23. The number of nitrogens with zero attached hydrogens (tertiary/aromatic N) is 7. The van der Waals surface area contributed by atoms with E-state index in [1.807, 2.05) is 0 Å². The first-order valence-electron chi connectivity index (χ1n) is 21.5. The fraction of sp³-hybridized carbons (Fsp3) is 0.432. The van der Waals surface area contributed by atoms with Crippen LogP contribution in [-0.4, -0.2) is 102 Å². The highest BCUT2D eigenvalue weighted by atomic mass is 35.5. The fourth-order valence-electron chi connectivity index (χ4n) is 8.35. The number of pyridine rings is 1. The van der Waals surface area contributed by atoms with Gasteiger partial charge in [0.1, 0.15) is 47.4 Å². The van der Waals surface area contributed by atoms with Gasteiger partial charge in [0.25, 0.3) is 5.92 Å². The van der Waals surface area contributed by atoms with E-state index in [1.165, 1.54) is 33.0 Å². The average Bonchev–Trinajstić information content (AvgIpc) is 3.77. The number of halogens is 11. The molecule has 1 saturated carbocycles. The molecule has 1 unspecified atom stereocenters. The molecule has 2 amide bonds. The largest absolute Gasteiger partial charge is 0.435 e. The minimum Gasteiger partial charge on any atom is -0.346 e. The first kappa shape index (κ1) is 53.8. The summed E-state index contributed by atoms with van der Waals surface area (Å²) >= 11 is 6.65. The molecule has 2 aliphatic rings. The van der Waals surface area contributed by atoms with Gasteiger partial charge in [0, 0.05) is 48.5 Å². The average molecular weight is 1080 g/mol. The summed E-state index contributed by atoms with van der Waals surface area (Å²) in [7, 11) is -6.42. The number of amides is 2. The molecule has 0 spiro atoms. The predicted molar refractivity (Wildman–Crippen MR) is 242 cm³/mol. The summed E-state index contributed by atoms with van der Waals surface area (Å²) in [6, 6.07) is 5.00. The number of carbonyl (C=O) groups is 2. The molecule has 0 radical (unpaired) electrons. The Morgan fingerprint density at radius 3 is 2.26 bits per heavy atom. The first-order valence-corrected chi connectivity index (χ1v) is 24.9. The molecule has 3 N–H and O–H groups in total. The molecular formula is C44H42ClF10N9O6S2. The van der Waals surface area contributed by atoms with Crippen LogP contribution in [0.4, 0.5) is 49.7 Å². The Hall–Kier alpha value is -5.98. The van der Waals surface area contributed by atoms with Crippen molar-refractivity contribution in [2.24, 2.45) is 11.7 Å². The van der Waals surface area contributed by atoms with E-state index in [9.17, 15) is 61.5 Å². The topological polar surface area (TPSA) is 195 Å². The lowest BCUT2D eigenvalue weighted by atomic mass is 9.93. The van der Waals surface area contributed by atoms with Crippen LogP contribution < -0.4 is 15.4 Å². The van der Waals surface area contributed by atoms with Crippen LogP contribution in [0.1, 0.15) is 72.6 Å². The minimum absolute atomic E-state index is 0.0704. The van der Waals surface area contributed by atoms with Gasteiger partial charge in [0.2, 0.25) is 22.7 Å². The van der Waals surface area contributed by atoms with Crippen LogP contribution in [0.3, 0.4) is 0 Å². The van der Waals surface area contributed by atoms with Crippen molar-refractivity contribution in [2.45, 2.75) is 81.2 Å². The van der Waals surface area contributed by atoms with Gasteiger partial charge >= 0.3 is 12.4 Å². The molecule has 0 saturated heterocycles. The maximum atomic E-state index is 15.6. The van der Waals surface area contributed by atoms with Crippen LogP contribution in [-0.2, 0) is 61.9 Å². The SMILES string of the molecule is CN(CCCN)C(=O)CN(c1nn(CC(F)(F)F)c2c(-c3ccc(C#CC(C)(C)S(C)(=O)=O)nc3C(Cc3cc(F)cc(F)c3)NC(=O)Cn3nc(C(F)(F)F)c4c3C(F)(F)[C@@H]3C[C@H]43)ccc(Cl)c12)[SH](=O)=O. The van der Waals surface area contributed by atoms with Crippen molar-refractivity contribution in [2.75, 3.05) is 37.2 Å². The Morgan fingerprint density at radius 2 is 1.67 bits per heavy atom. The highest BCUT2D eigenvalue weighted by Crippen LogP contribution is 2.68. The number of hydrogen-bond donors (Lipinski definition) is 3. The number of nitrogens with two attached hydrogens (primary N) is 1. The van der Waals surface area contributed by atoms with Crippen LogP contribution in [0.2, 0.25) is 5.02 Å². The number of benzene rings is 2. The van der Waals surface area contributed by atoms with Crippen molar-refractivity contribution in [1.82, 2.24) is 34.8 Å². The number of rotatable bonds is 16. The molecule has 72 heavy (non-hydrogen) atoms. The van der Waals surface area contributed by atoms with E-state index in [-0.39, 0.29) is 51.6 Å². The van der Waals surface area contributed by atoms with Crippen molar-refractivity contribution in [1.29, 1.82) is 0 Å². The molecule has 28 heteroatoms. The Bertz CT molecular complexity index is 3230. The Kier molecular flexibility index (Phi) is 14.5. The summed E-state index contributed by atoms with van der Waals surface area (Å²) in [6.45, 7) is -1.45. The number of anilines is 1. The van der Waals surface area contributed by atoms with E-state index >= 15 is 8.78 Å². The number of fused-ring (bicyclic) bond motifs is 4. The lowest BCUT2D eigenvalue weighted by molar-refractivity contribution is -0.143. The molecule has 3 aromatic heterocycles. The van der Waals surface area contributed by atoms with Crippen molar-refractivity contribution in [3.63, 3.8) is 0 Å². The second-order valence-corrected chi connectivity index (χ2v) is 21.7. The number of aromatic nitrogens is 5. The van der Waals surface area contributed by atoms with Crippen LogP contribution in [0.25, 0.3) is 22.0 Å². The van der Waals surface area contributed by atoms with Gasteiger partial charge in [-0.25, -0.2) is 34.9 Å². The van der Waals surface area contributed by atoms with E-state index < -0.39 is 150 Å². The smallest absolute Gasteiger partial charge is 0.346 e. The molecule has 7 rings (SSSR count). The van der Waals surface area contributed by atoms with E-state index in [4.69, 9.17) is 17.3 Å². The maximum Gasteiger partial charge on any atom is 0.435 e.